The quantitative estimate of drug-likeness (QED) is 0.339. The normalized spacial score (nSPS) is 10.8. The Kier molecular flexibility index (Phi) is 6.25. The zero-order valence-corrected chi connectivity index (χ0v) is 17.0. The number of hydrogen-bond acceptors (Lipinski definition) is 4. The zero-order chi connectivity index (χ0) is 20.8. The molecule has 2 heterocycles. The monoisotopic (exact) mass is 420 g/mol. The lowest BCUT2D eigenvalue weighted by Gasteiger charge is -2.08. The molecular formula is C23H21ClN4O2. The third-order valence-corrected chi connectivity index (χ3v) is 4.91. The summed E-state index contributed by atoms with van der Waals surface area (Å²) in [5, 5.41) is 2.91. The number of fused-ring (bicyclic) bond motifs is 1. The zero-order valence-electron chi connectivity index (χ0n) is 16.3. The van der Waals surface area contributed by atoms with Crippen molar-refractivity contribution in [3.63, 3.8) is 0 Å². The van der Waals surface area contributed by atoms with Gasteiger partial charge in [-0.2, -0.15) is 0 Å². The van der Waals surface area contributed by atoms with Gasteiger partial charge in [-0.15, -0.1) is 11.6 Å². The van der Waals surface area contributed by atoms with Gasteiger partial charge in [0.2, 0.25) is 0 Å². The second-order valence-corrected chi connectivity index (χ2v) is 7.12. The smallest absolute Gasteiger partial charge is 0.251 e. The van der Waals surface area contributed by atoms with Crippen molar-refractivity contribution in [3.8, 4) is 11.4 Å². The highest BCUT2D eigenvalue weighted by Crippen LogP contribution is 2.22. The van der Waals surface area contributed by atoms with Crippen molar-refractivity contribution in [2.75, 3.05) is 12.5 Å². The maximum Gasteiger partial charge on any atom is 0.251 e. The summed E-state index contributed by atoms with van der Waals surface area (Å²) in [7, 11) is 0. The van der Waals surface area contributed by atoms with Crippen LogP contribution < -0.4 is 10.1 Å². The van der Waals surface area contributed by atoms with E-state index >= 15 is 0 Å². The predicted molar refractivity (Wildman–Crippen MR) is 117 cm³/mol. The molecule has 0 radical (unpaired) electrons. The number of ether oxygens (including phenoxy) is 1. The average Bonchev–Trinajstić information content (AvgIpc) is 3.22. The van der Waals surface area contributed by atoms with Crippen molar-refractivity contribution >= 4 is 28.5 Å². The van der Waals surface area contributed by atoms with Gasteiger partial charge in [-0.25, -0.2) is 4.98 Å². The predicted octanol–water partition coefficient (Wildman–Crippen LogP) is 4.36. The molecule has 30 heavy (non-hydrogen) atoms. The molecule has 4 aromatic rings. The molecule has 0 saturated heterocycles. The van der Waals surface area contributed by atoms with Crippen LogP contribution in [0.2, 0.25) is 0 Å². The second-order valence-electron chi connectivity index (χ2n) is 6.75. The summed E-state index contributed by atoms with van der Waals surface area (Å²) in [5.41, 5.74) is 4.17. The molecule has 0 saturated carbocycles. The number of rotatable bonds is 8. The van der Waals surface area contributed by atoms with E-state index in [9.17, 15) is 4.79 Å². The summed E-state index contributed by atoms with van der Waals surface area (Å²) >= 11 is 5.67. The van der Waals surface area contributed by atoms with E-state index < -0.39 is 0 Å². The molecule has 2 aromatic carbocycles. The molecule has 0 aliphatic carbocycles. The third kappa shape index (κ3) is 4.60. The van der Waals surface area contributed by atoms with Crippen LogP contribution in [-0.4, -0.2) is 32.9 Å². The number of nitrogens with zero attached hydrogens (tertiary/aromatic N) is 3. The first-order valence-corrected chi connectivity index (χ1v) is 10.2. The number of aromatic nitrogens is 3. The molecule has 0 aliphatic heterocycles. The van der Waals surface area contributed by atoms with Crippen molar-refractivity contribution in [1.82, 2.24) is 19.9 Å². The highest BCUT2D eigenvalue weighted by atomic mass is 35.5. The minimum absolute atomic E-state index is 0.145. The fourth-order valence-corrected chi connectivity index (χ4v) is 3.20. The molecule has 0 fully saturated rings. The Bertz CT molecular complexity index is 1130. The van der Waals surface area contributed by atoms with E-state index in [1.807, 2.05) is 53.1 Å². The number of carbonyl (C=O) groups is 1. The van der Waals surface area contributed by atoms with Crippen LogP contribution in [0.4, 0.5) is 0 Å². The molecular weight excluding hydrogens is 400 g/mol. The number of nitrogens with one attached hydrogen (secondary N) is 1. The van der Waals surface area contributed by atoms with Crippen LogP contribution in [0.5, 0.6) is 5.75 Å². The standard InChI is InChI=1S/C23H21ClN4O2/c24-10-2-12-30-20-7-5-19(6-8-20)28-16-27-21-13-18(4-9-22(21)28)23(29)26-15-17-3-1-11-25-14-17/h1,3-9,11,13-14,16H,2,10,12,15H2,(H,26,29). The fraction of sp³-hybridized carbons (Fsp3) is 0.174. The van der Waals surface area contributed by atoms with E-state index in [-0.39, 0.29) is 5.91 Å². The number of hydrogen-bond donors (Lipinski definition) is 1. The number of carbonyl (C=O) groups excluding carboxylic acids is 1. The van der Waals surface area contributed by atoms with Crippen molar-refractivity contribution in [2.24, 2.45) is 0 Å². The lowest BCUT2D eigenvalue weighted by atomic mass is 10.1. The highest BCUT2D eigenvalue weighted by Gasteiger charge is 2.10. The lowest BCUT2D eigenvalue weighted by Crippen LogP contribution is -2.22. The minimum atomic E-state index is -0.145. The number of amides is 1. The van der Waals surface area contributed by atoms with Crippen LogP contribution in [0.3, 0.4) is 0 Å². The molecule has 2 aromatic heterocycles. The van der Waals surface area contributed by atoms with Crippen LogP contribution >= 0.6 is 11.6 Å². The van der Waals surface area contributed by atoms with E-state index in [0.29, 0.717) is 24.6 Å². The molecule has 0 bridgehead atoms. The highest BCUT2D eigenvalue weighted by molar-refractivity contribution is 6.17. The SMILES string of the molecule is O=C(NCc1cccnc1)c1ccc2c(c1)ncn2-c1ccc(OCCCCl)cc1. The molecule has 152 valence electrons. The number of imidazole rings is 1. The molecule has 0 spiro atoms. The maximum absolute atomic E-state index is 12.5. The van der Waals surface area contributed by atoms with E-state index in [4.69, 9.17) is 16.3 Å². The average molecular weight is 421 g/mol. The Morgan fingerprint density at radius 2 is 2.00 bits per heavy atom. The largest absolute Gasteiger partial charge is 0.494 e. The molecule has 7 heteroatoms. The van der Waals surface area contributed by atoms with Crippen LogP contribution in [-0.2, 0) is 6.54 Å². The van der Waals surface area contributed by atoms with Gasteiger partial charge in [0.1, 0.15) is 12.1 Å². The summed E-state index contributed by atoms with van der Waals surface area (Å²) in [6.45, 7) is 1.03. The first kappa shape index (κ1) is 19.9. The third-order valence-electron chi connectivity index (χ3n) is 4.65. The van der Waals surface area contributed by atoms with Gasteiger partial charge >= 0.3 is 0 Å². The first-order valence-electron chi connectivity index (χ1n) is 9.68. The van der Waals surface area contributed by atoms with Gasteiger partial charge in [-0.05, 0) is 60.5 Å². The van der Waals surface area contributed by atoms with E-state index in [1.165, 1.54) is 0 Å². The minimum Gasteiger partial charge on any atom is -0.494 e. The van der Waals surface area contributed by atoms with E-state index in [2.05, 4.69) is 15.3 Å². The lowest BCUT2D eigenvalue weighted by molar-refractivity contribution is 0.0951. The molecule has 4 rings (SSSR count). The van der Waals surface area contributed by atoms with Gasteiger partial charge < -0.3 is 10.1 Å². The maximum atomic E-state index is 12.5. The Hall–Kier alpha value is -3.38. The van der Waals surface area contributed by atoms with Crippen LogP contribution in [0.25, 0.3) is 16.7 Å². The van der Waals surface area contributed by atoms with Crippen LogP contribution in [0, 0.1) is 0 Å². The summed E-state index contributed by atoms with van der Waals surface area (Å²) in [4.78, 5) is 21.0. The number of alkyl halides is 1. The molecule has 0 aliphatic rings. The van der Waals surface area contributed by atoms with Crippen molar-refractivity contribution < 1.29 is 9.53 Å². The summed E-state index contributed by atoms with van der Waals surface area (Å²) in [6, 6.07) is 17.1. The van der Waals surface area contributed by atoms with Gasteiger partial charge in [0.05, 0.1) is 17.6 Å². The van der Waals surface area contributed by atoms with Gasteiger partial charge in [0, 0.05) is 36.1 Å². The number of benzene rings is 2. The first-order chi connectivity index (χ1) is 14.7. The van der Waals surface area contributed by atoms with E-state index in [1.54, 1.807) is 24.8 Å². The second kappa shape index (κ2) is 9.41. The van der Waals surface area contributed by atoms with Gasteiger partial charge in [-0.1, -0.05) is 6.07 Å². The molecule has 1 amide bonds. The molecule has 1 N–H and O–H groups in total. The van der Waals surface area contributed by atoms with E-state index in [0.717, 1.165) is 34.5 Å². The van der Waals surface area contributed by atoms with Crippen LogP contribution in [0.15, 0.2) is 73.3 Å². The fourth-order valence-electron chi connectivity index (χ4n) is 3.09. The van der Waals surface area contributed by atoms with Gasteiger partial charge in [0.15, 0.2) is 0 Å². The molecule has 6 nitrogen and oxygen atoms in total. The van der Waals surface area contributed by atoms with Gasteiger partial charge in [0.25, 0.3) is 5.91 Å². The van der Waals surface area contributed by atoms with Crippen molar-refractivity contribution in [1.29, 1.82) is 0 Å². The summed E-state index contributed by atoms with van der Waals surface area (Å²) in [5.74, 6) is 1.25. The summed E-state index contributed by atoms with van der Waals surface area (Å²) < 4.78 is 7.63. The molecule has 0 atom stereocenters. The van der Waals surface area contributed by atoms with Gasteiger partial charge in [-0.3, -0.25) is 14.3 Å². The Morgan fingerprint density at radius 3 is 2.77 bits per heavy atom. The number of halogens is 1. The number of pyridine rings is 1. The topological polar surface area (TPSA) is 69.0 Å². The Morgan fingerprint density at radius 1 is 1.13 bits per heavy atom. The van der Waals surface area contributed by atoms with Crippen LogP contribution in [0.1, 0.15) is 22.3 Å². The Balaban J connectivity index is 1.47. The van der Waals surface area contributed by atoms with Crippen molar-refractivity contribution in [2.45, 2.75) is 13.0 Å². The molecule has 0 unspecified atom stereocenters. The van der Waals surface area contributed by atoms with Crippen molar-refractivity contribution in [3.05, 3.63) is 84.4 Å². The summed E-state index contributed by atoms with van der Waals surface area (Å²) in [6.07, 6.45) is 6.01. The Labute approximate surface area is 179 Å².